The summed E-state index contributed by atoms with van der Waals surface area (Å²) < 4.78 is 5.35. The van der Waals surface area contributed by atoms with Crippen LogP contribution in [0.3, 0.4) is 0 Å². The predicted octanol–water partition coefficient (Wildman–Crippen LogP) is 1.30. The first-order chi connectivity index (χ1) is 8.31. The minimum Gasteiger partial charge on any atom is -0.423 e. The number of benzene rings is 1. The highest BCUT2D eigenvalue weighted by Crippen LogP contribution is 2.22. The molecular weight excluding hydrogens is 222 g/mol. The molecule has 17 heavy (non-hydrogen) atoms. The maximum atomic E-state index is 11.4. The van der Waals surface area contributed by atoms with Crippen molar-refractivity contribution in [1.82, 2.24) is 9.97 Å². The largest absolute Gasteiger partial charge is 0.423 e. The van der Waals surface area contributed by atoms with Gasteiger partial charge in [-0.25, -0.2) is 14.8 Å². The van der Waals surface area contributed by atoms with E-state index in [2.05, 4.69) is 14.8 Å². The van der Waals surface area contributed by atoms with Crippen LogP contribution in [0, 0.1) is 0 Å². The van der Waals surface area contributed by atoms with Crippen molar-refractivity contribution in [2.24, 2.45) is 5.90 Å². The van der Waals surface area contributed by atoms with Crippen LogP contribution >= 0.6 is 0 Å². The van der Waals surface area contributed by atoms with Gasteiger partial charge in [0.2, 0.25) is 0 Å². The van der Waals surface area contributed by atoms with Crippen LogP contribution in [0.4, 0.5) is 0 Å². The number of nitrogens with zero attached hydrogens (tertiary/aromatic N) is 2. The summed E-state index contributed by atoms with van der Waals surface area (Å²) in [5.74, 6) is 4.43. The average molecular weight is 231 g/mol. The van der Waals surface area contributed by atoms with E-state index < -0.39 is 5.97 Å². The summed E-state index contributed by atoms with van der Waals surface area (Å²) in [5, 5.41) is 0. The fourth-order valence-electron chi connectivity index (χ4n) is 1.22. The van der Waals surface area contributed by atoms with Gasteiger partial charge in [-0.1, -0.05) is 12.1 Å². The van der Waals surface area contributed by atoms with Crippen LogP contribution in [0.1, 0.15) is 10.4 Å². The summed E-state index contributed by atoms with van der Waals surface area (Å²) in [7, 11) is 0. The van der Waals surface area contributed by atoms with Crippen molar-refractivity contribution in [3.8, 4) is 11.8 Å². The SMILES string of the molecule is NOC(=O)c1ccccc1Oc1ncccn1. The maximum Gasteiger partial charge on any atom is 0.360 e. The highest BCUT2D eigenvalue weighted by atomic mass is 16.7. The minimum atomic E-state index is -0.684. The zero-order chi connectivity index (χ0) is 12.1. The molecule has 2 aromatic rings. The van der Waals surface area contributed by atoms with Crippen LogP contribution in [-0.4, -0.2) is 15.9 Å². The summed E-state index contributed by atoms with van der Waals surface area (Å²) in [6.45, 7) is 0. The highest BCUT2D eigenvalue weighted by molar-refractivity contribution is 5.92. The van der Waals surface area contributed by atoms with Gasteiger partial charge in [0.05, 0.1) is 0 Å². The quantitative estimate of drug-likeness (QED) is 0.801. The predicted molar refractivity (Wildman–Crippen MR) is 58.2 cm³/mol. The lowest BCUT2D eigenvalue weighted by Gasteiger charge is -2.06. The normalized spacial score (nSPS) is 9.71. The molecule has 0 amide bonds. The molecule has 1 heterocycles. The average Bonchev–Trinajstić information content (AvgIpc) is 2.40. The standard InChI is InChI=1S/C11H9N3O3/c12-17-10(15)8-4-1-2-5-9(8)16-11-13-6-3-7-14-11/h1-7H,12H2. The molecule has 1 aromatic heterocycles. The smallest absolute Gasteiger partial charge is 0.360 e. The van der Waals surface area contributed by atoms with Gasteiger partial charge in [-0.05, 0) is 18.2 Å². The van der Waals surface area contributed by atoms with E-state index in [1.54, 1.807) is 24.3 Å². The lowest BCUT2D eigenvalue weighted by atomic mass is 10.2. The van der Waals surface area contributed by atoms with E-state index in [1.807, 2.05) is 0 Å². The Morgan fingerprint density at radius 2 is 1.82 bits per heavy atom. The fourth-order valence-corrected chi connectivity index (χ4v) is 1.22. The molecule has 0 aliphatic carbocycles. The van der Waals surface area contributed by atoms with Crippen molar-refractivity contribution in [3.05, 3.63) is 48.3 Å². The van der Waals surface area contributed by atoms with Crippen LogP contribution < -0.4 is 10.6 Å². The molecule has 86 valence electrons. The molecule has 2 rings (SSSR count). The Kier molecular flexibility index (Phi) is 3.27. The van der Waals surface area contributed by atoms with E-state index in [9.17, 15) is 4.79 Å². The second-order valence-corrected chi connectivity index (χ2v) is 3.03. The summed E-state index contributed by atoms with van der Waals surface area (Å²) in [5.41, 5.74) is 0.211. The third-order valence-electron chi connectivity index (χ3n) is 1.96. The second-order valence-electron chi connectivity index (χ2n) is 3.03. The first-order valence-electron chi connectivity index (χ1n) is 4.76. The van der Waals surface area contributed by atoms with Crippen LogP contribution in [0.15, 0.2) is 42.7 Å². The van der Waals surface area contributed by atoms with Gasteiger partial charge in [-0.3, -0.25) is 0 Å². The molecule has 2 N–H and O–H groups in total. The lowest BCUT2D eigenvalue weighted by Crippen LogP contribution is -2.11. The van der Waals surface area contributed by atoms with Crippen LogP contribution in [0.25, 0.3) is 0 Å². The fraction of sp³-hybridized carbons (Fsp3) is 0. The van der Waals surface area contributed by atoms with E-state index in [-0.39, 0.29) is 17.3 Å². The molecule has 0 spiro atoms. The number of hydrogen-bond donors (Lipinski definition) is 1. The van der Waals surface area contributed by atoms with Crippen molar-refractivity contribution >= 4 is 5.97 Å². The van der Waals surface area contributed by atoms with Gasteiger partial charge in [0, 0.05) is 12.4 Å². The number of aromatic nitrogens is 2. The molecule has 1 aromatic carbocycles. The van der Waals surface area contributed by atoms with Gasteiger partial charge in [-0.15, -0.1) is 0 Å². The number of carbonyl (C=O) groups excluding carboxylic acids is 1. The van der Waals surface area contributed by atoms with Gasteiger partial charge < -0.3 is 9.57 Å². The van der Waals surface area contributed by atoms with Gasteiger partial charge in [0.15, 0.2) is 0 Å². The number of hydrogen-bond acceptors (Lipinski definition) is 6. The minimum absolute atomic E-state index is 0.143. The molecule has 0 aliphatic rings. The molecular formula is C11H9N3O3. The molecule has 0 fully saturated rings. The van der Waals surface area contributed by atoms with Crippen molar-refractivity contribution < 1.29 is 14.4 Å². The zero-order valence-corrected chi connectivity index (χ0v) is 8.74. The van der Waals surface area contributed by atoms with Crippen LogP contribution in [0.5, 0.6) is 11.8 Å². The molecule has 0 saturated heterocycles. The first kappa shape index (κ1) is 11.0. The van der Waals surface area contributed by atoms with Crippen molar-refractivity contribution in [1.29, 1.82) is 0 Å². The molecule has 0 atom stereocenters. The number of para-hydroxylation sites is 1. The molecule has 0 bridgehead atoms. The van der Waals surface area contributed by atoms with Gasteiger partial charge in [0.25, 0.3) is 0 Å². The molecule has 0 aliphatic heterocycles. The Morgan fingerprint density at radius 3 is 2.53 bits per heavy atom. The molecule has 6 nitrogen and oxygen atoms in total. The lowest BCUT2D eigenvalue weighted by molar-refractivity contribution is 0.0500. The molecule has 6 heteroatoms. The number of rotatable bonds is 3. The Balaban J connectivity index is 2.30. The Labute approximate surface area is 97.0 Å². The topological polar surface area (TPSA) is 87.3 Å². The number of ether oxygens (including phenoxy) is 1. The van der Waals surface area contributed by atoms with E-state index in [1.165, 1.54) is 18.5 Å². The zero-order valence-electron chi connectivity index (χ0n) is 8.74. The van der Waals surface area contributed by atoms with Crippen molar-refractivity contribution in [2.45, 2.75) is 0 Å². The second kappa shape index (κ2) is 5.04. The monoisotopic (exact) mass is 231 g/mol. The highest BCUT2D eigenvalue weighted by Gasteiger charge is 2.13. The third kappa shape index (κ3) is 2.56. The summed E-state index contributed by atoms with van der Waals surface area (Å²) in [4.78, 5) is 23.3. The summed E-state index contributed by atoms with van der Waals surface area (Å²) >= 11 is 0. The first-order valence-corrected chi connectivity index (χ1v) is 4.76. The van der Waals surface area contributed by atoms with Gasteiger partial charge in [-0.2, -0.15) is 5.90 Å². The van der Waals surface area contributed by atoms with E-state index in [0.29, 0.717) is 0 Å². The summed E-state index contributed by atoms with van der Waals surface area (Å²) in [6.07, 6.45) is 3.07. The van der Waals surface area contributed by atoms with Crippen LogP contribution in [-0.2, 0) is 4.84 Å². The van der Waals surface area contributed by atoms with Gasteiger partial charge in [0.1, 0.15) is 11.3 Å². The van der Waals surface area contributed by atoms with Crippen molar-refractivity contribution in [2.75, 3.05) is 0 Å². The van der Waals surface area contributed by atoms with E-state index >= 15 is 0 Å². The Bertz CT molecular complexity index is 516. The van der Waals surface area contributed by atoms with Gasteiger partial charge >= 0.3 is 12.0 Å². The third-order valence-corrected chi connectivity index (χ3v) is 1.96. The number of carbonyl (C=O) groups is 1. The Morgan fingerprint density at radius 1 is 1.12 bits per heavy atom. The van der Waals surface area contributed by atoms with E-state index in [4.69, 9.17) is 10.6 Å². The number of nitrogens with two attached hydrogens (primary N) is 1. The Hall–Kier alpha value is -2.47. The van der Waals surface area contributed by atoms with Crippen LogP contribution in [0.2, 0.25) is 0 Å². The molecule has 0 saturated carbocycles. The van der Waals surface area contributed by atoms with E-state index in [0.717, 1.165) is 0 Å². The molecule has 0 unspecified atom stereocenters. The van der Waals surface area contributed by atoms with Crippen molar-refractivity contribution in [3.63, 3.8) is 0 Å². The maximum absolute atomic E-state index is 11.4. The molecule has 0 radical (unpaired) electrons. The summed E-state index contributed by atoms with van der Waals surface area (Å²) in [6, 6.07) is 8.32.